The molecule has 1 atom stereocenters. The number of hydrogen-bond donors (Lipinski definition) is 1. The molecule has 8 heteroatoms. The van der Waals surface area contributed by atoms with Crippen LogP contribution in [0.2, 0.25) is 0 Å². The molecule has 1 saturated heterocycles. The molecular weight excluding hydrogens is 298 g/mol. The van der Waals surface area contributed by atoms with Gasteiger partial charge in [-0.15, -0.1) is 0 Å². The Morgan fingerprint density at radius 3 is 3.00 bits per heavy atom. The number of morpholine rings is 1. The summed E-state index contributed by atoms with van der Waals surface area (Å²) in [4.78, 5) is 33.3. The van der Waals surface area contributed by atoms with Crippen LogP contribution in [0.15, 0.2) is 23.1 Å². The molecule has 1 amide bonds. The van der Waals surface area contributed by atoms with Gasteiger partial charge in [0.2, 0.25) is 5.91 Å². The fraction of sp³-hybridized carbons (Fsp3) is 0.467. The van der Waals surface area contributed by atoms with Crippen molar-refractivity contribution in [1.82, 2.24) is 24.6 Å². The minimum Gasteiger partial charge on any atom is -0.367 e. The Hall–Kier alpha value is -2.48. The van der Waals surface area contributed by atoms with E-state index in [2.05, 4.69) is 15.1 Å². The molecule has 0 unspecified atom stereocenters. The molecule has 0 bridgehead atoms. The number of ether oxygens (including phenoxy) is 1. The molecule has 122 valence electrons. The summed E-state index contributed by atoms with van der Waals surface area (Å²) in [5.41, 5.74) is 1.36. The van der Waals surface area contributed by atoms with Crippen molar-refractivity contribution in [3.05, 3.63) is 45.9 Å². The van der Waals surface area contributed by atoms with Gasteiger partial charge in [-0.3, -0.25) is 9.59 Å². The molecule has 3 rings (SSSR count). The van der Waals surface area contributed by atoms with E-state index in [0.29, 0.717) is 31.2 Å². The predicted molar refractivity (Wildman–Crippen MR) is 81.8 cm³/mol. The zero-order valence-corrected chi connectivity index (χ0v) is 13.2. The van der Waals surface area contributed by atoms with Crippen LogP contribution in [0, 0.1) is 13.8 Å². The Labute approximate surface area is 133 Å². The summed E-state index contributed by atoms with van der Waals surface area (Å²) in [6.45, 7) is 4.97. The molecule has 2 aromatic rings. The maximum atomic E-state index is 12.5. The van der Waals surface area contributed by atoms with Crippen LogP contribution in [-0.4, -0.2) is 50.3 Å². The molecule has 1 aliphatic rings. The third-order valence-electron chi connectivity index (χ3n) is 3.73. The number of aromatic nitrogens is 4. The number of carbonyl (C=O) groups is 1. The third kappa shape index (κ3) is 3.48. The molecule has 0 saturated carbocycles. The normalized spacial score (nSPS) is 18.2. The smallest absolute Gasteiger partial charge is 0.267 e. The van der Waals surface area contributed by atoms with E-state index in [1.807, 2.05) is 6.92 Å². The Balaban J connectivity index is 1.69. The van der Waals surface area contributed by atoms with Gasteiger partial charge in [0.05, 0.1) is 18.8 Å². The number of aryl methyl sites for hydroxylation is 2. The molecular formula is C15H19N5O3. The van der Waals surface area contributed by atoms with E-state index in [-0.39, 0.29) is 24.1 Å². The van der Waals surface area contributed by atoms with E-state index < -0.39 is 0 Å². The van der Waals surface area contributed by atoms with Crippen molar-refractivity contribution >= 4 is 5.91 Å². The maximum Gasteiger partial charge on any atom is 0.267 e. The number of amides is 1. The monoisotopic (exact) mass is 317 g/mol. The molecule has 1 aliphatic heterocycles. The van der Waals surface area contributed by atoms with Crippen molar-refractivity contribution in [2.24, 2.45) is 0 Å². The Morgan fingerprint density at radius 2 is 2.26 bits per heavy atom. The lowest BCUT2D eigenvalue weighted by Crippen LogP contribution is -2.45. The van der Waals surface area contributed by atoms with Gasteiger partial charge in [0, 0.05) is 24.5 Å². The van der Waals surface area contributed by atoms with Crippen molar-refractivity contribution in [3.63, 3.8) is 0 Å². The first-order valence-electron chi connectivity index (χ1n) is 7.48. The van der Waals surface area contributed by atoms with Gasteiger partial charge in [-0.25, -0.2) is 9.67 Å². The third-order valence-corrected chi connectivity index (χ3v) is 3.73. The van der Waals surface area contributed by atoms with Crippen molar-refractivity contribution < 1.29 is 9.53 Å². The fourth-order valence-corrected chi connectivity index (χ4v) is 2.53. The summed E-state index contributed by atoms with van der Waals surface area (Å²) >= 11 is 0. The lowest BCUT2D eigenvalue weighted by Gasteiger charge is -2.32. The molecule has 0 aromatic carbocycles. The first-order chi connectivity index (χ1) is 11.0. The summed E-state index contributed by atoms with van der Waals surface area (Å²) in [5, 5.41) is 4.09. The Kier molecular flexibility index (Phi) is 4.24. The van der Waals surface area contributed by atoms with Gasteiger partial charge in [-0.05, 0) is 19.9 Å². The molecule has 23 heavy (non-hydrogen) atoms. The number of carbonyl (C=O) groups excluding carboxylic acids is 1. The Morgan fingerprint density at radius 1 is 1.43 bits per heavy atom. The van der Waals surface area contributed by atoms with Crippen LogP contribution in [0.5, 0.6) is 0 Å². The van der Waals surface area contributed by atoms with Gasteiger partial charge >= 0.3 is 0 Å². The topological polar surface area (TPSA) is 93.1 Å². The highest BCUT2D eigenvalue weighted by atomic mass is 16.5. The van der Waals surface area contributed by atoms with E-state index in [0.717, 1.165) is 5.69 Å². The summed E-state index contributed by atoms with van der Waals surface area (Å²) < 4.78 is 6.87. The molecule has 0 radical (unpaired) electrons. The number of rotatable bonds is 3. The summed E-state index contributed by atoms with van der Waals surface area (Å²) in [6, 6.07) is 3.05. The summed E-state index contributed by atoms with van der Waals surface area (Å²) in [7, 11) is 0. The highest BCUT2D eigenvalue weighted by Gasteiger charge is 2.27. The highest BCUT2D eigenvalue weighted by Crippen LogP contribution is 2.19. The molecule has 2 aromatic heterocycles. The number of hydrogen-bond acceptors (Lipinski definition) is 5. The second-order valence-corrected chi connectivity index (χ2v) is 5.62. The summed E-state index contributed by atoms with van der Waals surface area (Å²) in [5.74, 6) is 0.563. The SMILES string of the molecule is Cc1ccc(=O)n(CC(=O)N2CCO[C@H](c3ncc(C)[nH]3)C2)n1. The van der Waals surface area contributed by atoms with Crippen molar-refractivity contribution in [2.45, 2.75) is 26.5 Å². The molecule has 0 spiro atoms. The Bertz CT molecular complexity index is 766. The average molecular weight is 317 g/mol. The molecule has 0 aliphatic carbocycles. The van der Waals surface area contributed by atoms with Gasteiger partial charge in [-0.2, -0.15) is 5.10 Å². The number of nitrogens with one attached hydrogen (secondary N) is 1. The van der Waals surface area contributed by atoms with Crippen molar-refractivity contribution in [2.75, 3.05) is 19.7 Å². The van der Waals surface area contributed by atoms with E-state index in [4.69, 9.17) is 4.74 Å². The standard InChI is InChI=1S/C15H19N5O3/c1-10-3-4-13(21)20(18-10)9-14(22)19-5-6-23-12(8-19)15-16-7-11(2)17-15/h3-4,7,12H,5-6,8-9H2,1-2H3,(H,16,17)/t12-/m0/s1. The molecule has 3 heterocycles. The molecule has 1 fully saturated rings. The lowest BCUT2D eigenvalue weighted by molar-refractivity contribution is -0.140. The molecule has 1 N–H and O–H groups in total. The van der Waals surface area contributed by atoms with Gasteiger partial charge in [-0.1, -0.05) is 0 Å². The van der Waals surface area contributed by atoms with E-state index in [9.17, 15) is 9.59 Å². The molecule has 8 nitrogen and oxygen atoms in total. The van der Waals surface area contributed by atoms with Crippen LogP contribution >= 0.6 is 0 Å². The number of nitrogens with zero attached hydrogens (tertiary/aromatic N) is 4. The highest BCUT2D eigenvalue weighted by molar-refractivity contribution is 5.76. The van der Waals surface area contributed by atoms with Crippen LogP contribution < -0.4 is 5.56 Å². The zero-order chi connectivity index (χ0) is 16.4. The van der Waals surface area contributed by atoms with Gasteiger partial charge in [0.1, 0.15) is 18.5 Å². The second kappa shape index (κ2) is 6.33. The van der Waals surface area contributed by atoms with Crippen molar-refractivity contribution in [1.29, 1.82) is 0 Å². The van der Waals surface area contributed by atoms with Gasteiger partial charge in [0.25, 0.3) is 5.56 Å². The van der Waals surface area contributed by atoms with Crippen molar-refractivity contribution in [3.8, 4) is 0 Å². The predicted octanol–water partition coefficient (Wildman–Crippen LogP) is 0.183. The van der Waals surface area contributed by atoms with Crippen LogP contribution in [-0.2, 0) is 16.1 Å². The minimum absolute atomic E-state index is 0.0651. The second-order valence-electron chi connectivity index (χ2n) is 5.62. The first kappa shape index (κ1) is 15.4. The van der Waals surface area contributed by atoms with Crippen LogP contribution in [0.3, 0.4) is 0 Å². The van der Waals surface area contributed by atoms with Gasteiger partial charge in [0.15, 0.2) is 0 Å². The van der Waals surface area contributed by atoms with Crippen LogP contribution in [0.4, 0.5) is 0 Å². The minimum atomic E-state index is -0.282. The van der Waals surface area contributed by atoms with Crippen LogP contribution in [0.1, 0.15) is 23.3 Å². The lowest BCUT2D eigenvalue weighted by atomic mass is 10.2. The summed E-state index contributed by atoms with van der Waals surface area (Å²) in [6.07, 6.45) is 1.46. The maximum absolute atomic E-state index is 12.5. The number of aromatic amines is 1. The average Bonchev–Trinajstić information content (AvgIpc) is 2.97. The zero-order valence-electron chi connectivity index (χ0n) is 13.2. The first-order valence-corrected chi connectivity index (χ1v) is 7.48. The largest absolute Gasteiger partial charge is 0.367 e. The van der Waals surface area contributed by atoms with Gasteiger partial charge < -0.3 is 14.6 Å². The number of imidazole rings is 1. The van der Waals surface area contributed by atoms with E-state index in [1.165, 1.54) is 10.7 Å². The van der Waals surface area contributed by atoms with E-state index >= 15 is 0 Å². The van der Waals surface area contributed by atoms with E-state index in [1.54, 1.807) is 24.1 Å². The number of H-pyrrole nitrogens is 1. The quantitative estimate of drug-likeness (QED) is 0.872. The fourth-order valence-electron chi connectivity index (χ4n) is 2.53. The van der Waals surface area contributed by atoms with Crippen LogP contribution in [0.25, 0.3) is 0 Å².